The van der Waals surface area contributed by atoms with Gasteiger partial charge in [-0.3, -0.25) is 9.59 Å². The molecule has 1 aliphatic rings. The molecule has 0 saturated carbocycles. The van der Waals surface area contributed by atoms with Crippen molar-refractivity contribution in [2.24, 2.45) is 0 Å². The van der Waals surface area contributed by atoms with Crippen LogP contribution in [0, 0.1) is 6.92 Å². The van der Waals surface area contributed by atoms with Crippen LogP contribution < -0.4 is 4.74 Å². The molecule has 7 heteroatoms. The number of likely N-dealkylation sites (tertiary alicyclic amines) is 1. The van der Waals surface area contributed by atoms with E-state index in [1.165, 1.54) is 11.0 Å². The summed E-state index contributed by atoms with van der Waals surface area (Å²) in [4.78, 5) is 30.1. The van der Waals surface area contributed by atoms with Crippen molar-refractivity contribution in [3.05, 3.63) is 64.7 Å². The molecule has 35 heavy (non-hydrogen) atoms. The number of ketones is 1. The normalized spacial score (nSPS) is 17.4. The highest BCUT2D eigenvalue weighted by Crippen LogP contribution is 2.41. The van der Waals surface area contributed by atoms with Gasteiger partial charge in [-0.25, -0.2) is 0 Å². The molecule has 0 aromatic heterocycles. The Kier molecular flexibility index (Phi) is 8.93. The summed E-state index contributed by atoms with van der Waals surface area (Å²) < 4.78 is 5.68. The third kappa shape index (κ3) is 5.85. The fraction of sp³-hybridized carbons (Fsp3) is 0.429. The van der Waals surface area contributed by atoms with E-state index in [2.05, 4.69) is 18.7 Å². The zero-order chi connectivity index (χ0) is 25.5. The van der Waals surface area contributed by atoms with E-state index in [0.29, 0.717) is 30.9 Å². The summed E-state index contributed by atoms with van der Waals surface area (Å²) in [5.41, 5.74) is 1.64. The molecular weight excluding hydrogens is 444 g/mol. The second-order valence-corrected chi connectivity index (χ2v) is 8.81. The van der Waals surface area contributed by atoms with Crippen LogP contribution in [0.5, 0.6) is 11.5 Å². The number of aliphatic hydroxyl groups is 1. The van der Waals surface area contributed by atoms with Gasteiger partial charge in [-0.2, -0.15) is 0 Å². The molecule has 0 unspecified atom stereocenters. The predicted octanol–water partition coefficient (Wildman–Crippen LogP) is 4.64. The smallest absolute Gasteiger partial charge is 0.295 e. The first-order chi connectivity index (χ1) is 16.8. The lowest BCUT2D eigenvalue weighted by molar-refractivity contribution is -0.140. The highest BCUT2D eigenvalue weighted by molar-refractivity contribution is 6.46. The van der Waals surface area contributed by atoms with E-state index in [1.54, 1.807) is 12.1 Å². The zero-order valence-corrected chi connectivity index (χ0v) is 21.1. The molecule has 2 aromatic carbocycles. The van der Waals surface area contributed by atoms with E-state index in [9.17, 15) is 19.8 Å². The van der Waals surface area contributed by atoms with Crippen molar-refractivity contribution in [1.82, 2.24) is 9.80 Å². The Morgan fingerprint density at radius 2 is 1.74 bits per heavy atom. The van der Waals surface area contributed by atoms with Crippen molar-refractivity contribution in [3.63, 3.8) is 0 Å². The van der Waals surface area contributed by atoms with Crippen molar-refractivity contribution < 1.29 is 24.5 Å². The number of rotatable bonds is 11. The minimum absolute atomic E-state index is 0.0130. The van der Waals surface area contributed by atoms with Gasteiger partial charge in [0.1, 0.15) is 17.3 Å². The molecule has 0 radical (unpaired) electrons. The highest BCUT2D eigenvalue weighted by atomic mass is 16.5. The van der Waals surface area contributed by atoms with E-state index in [-0.39, 0.29) is 22.6 Å². The molecule has 1 atom stereocenters. The number of amides is 1. The molecule has 3 rings (SSSR count). The van der Waals surface area contributed by atoms with Crippen LogP contribution in [0.1, 0.15) is 56.3 Å². The lowest BCUT2D eigenvalue weighted by atomic mass is 9.94. The maximum absolute atomic E-state index is 13.2. The third-order valence-electron chi connectivity index (χ3n) is 6.38. The van der Waals surface area contributed by atoms with E-state index in [4.69, 9.17) is 4.74 Å². The molecule has 2 N–H and O–H groups in total. The maximum Gasteiger partial charge on any atom is 0.295 e. The number of ether oxygens (including phenoxy) is 1. The molecule has 0 spiro atoms. The number of Topliss-reactive ketones (excluding diaryl/α,β-unsaturated/α-hetero) is 1. The number of phenols is 1. The standard InChI is InChI=1S/C28H36N2O5/c1-5-17-35-21-12-10-20(11-13-21)25-24(26(32)22-18-19(4)9-14-23(22)31)27(33)28(34)30(25)16-8-15-29(6-2)7-3/h9-14,18,25,31-32H,5-8,15-17H2,1-4H3/t25-/m1/s1. The number of carbonyl (C=O) groups excluding carboxylic acids is 2. The quantitative estimate of drug-likeness (QED) is 0.277. The van der Waals surface area contributed by atoms with Gasteiger partial charge in [0, 0.05) is 6.54 Å². The van der Waals surface area contributed by atoms with Crippen molar-refractivity contribution >= 4 is 17.4 Å². The molecule has 1 fully saturated rings. The van der Waals surface area contributed by atoms with E-state index < -0.39 is 17.7 Å². The van der Waals surface area contributed by atoms with Crippen LogP contribution in [-0.4, -0.2) is 64.5 Å². The molecule has 1 amide bonds. The lowest BCUT2D eigenvalue weighted by Gasteiger charge is -2.27. The van der Waals surface area contributed by atoms with Crippen molar-refractivity contribution in [2.45, 2.75) is 46.6 Å². The summed E-state index contributed by atoms with van der Waals surface area (Å²) in [5.74, 6) is -1.21. The van der Waals surface area contributed by atoms with Gasteiger partial charge in [-0.15, -0.1) is 0 Å². The lowest BCUT2D eigenvalue weighted by Crippen LogP contribution is -2.33. The molecular formula is C28H36N2O5. The first-order valence-corrected chi connectivity index (χ1v) is 12.4. The fourth-order valence-electron chi connectivity index (χ4n) is 4.41. The molecule has 0 aliphatic carbocycles. The van der Waals surface area contributed by atoms with Gasteiger partial charge in [-0.1, -0.05) is 44.5 Å². The monoisotopic (exact) mass is 480 g/mol. The number of phenolic OH excluding ortho intramolecular Hbond substituents is 1. The summed E-state index contributed by atoms with van der Waals surface area (Å²) in [7, 11) is 0. The number of aryl methyl sites for hydroxylation is 1. The van der Waals surface area contributed by atoms with Crippen LogP contribution in [0.25, 0.3) is 5.76 Å². The first kappa shape index (κ1) is 26.3. The van der Waals surface area contributed by atoms with Gasteiger partial charge in [0.25, 0.3) is 11.7 Å². The molecule has 1 saturated heterocycles. The first-order valence-electron chi connectivity index (χ1n) is 12.4. The molecule has 7 nitrogen and oxygen atoms in total. The van der Waals surface area contributed by atoms with Crippen LogP contribution in [0.15, 0.2) is 48.0 Å². The third-order valence-corrected chi connectivity index (χ3v) is 6.38. The molecule has 1 heterocycles. The summed E-state index contributed by atoms with van der Waals surface area (Å²) in [5, 5.41) is 21.6. The highest BCUT2D eigenvalue weighted by Gasteiger charge is 2.46. The van der Waals surface area contributed by atoms with Gasteiger partial charge in [0.05, 0.1) is 23.8 Å². The van der Waals surface area contributed by atoms with E-state index in [1.807, 2.05) is 38.1 Å². The number of nitrogens with zero attached hydrogens (tertiary/aromatic N) is 2. The minimum atomic E-state index is -0.758. The van der Waals surface area contributed by atoms with Gasteiger partial charge in [-0.05, 0) is 69.2 Å². The molecule has 1 aliphatic heterocycles. The number of hydrogen-bond donors (Lipinski definition) is 2. The van der Waals surface area contributed by atoms with Crippen LogP contribution in [-0.2, 0) is 9.59 Å². The minimum Gasteiger partial charge on any atom is -0.507 e. The average molecular weight is 481 g/mol. The zero-order valence-electron chi connectivity index (χ0n) is 21.1. The average Bonchev–Trinajstić information content (AvgIpc) is 3.11. The van der Waals surface area contributed by atoms with Crippen molar-refractivity contribution in [1.29, 1.82) is 0 Å². The Morgan fingerprint density at radius 3 is 2.37 bits per heavy atom. The molecule has 2 aromatic rings. The topological polar surface area (TPSA) is 90.3 Å². The molecule has 0 bridgehead atoms. The van der Waals surface area contributed by atoms with Crippen LogP contribution in [0.2, 0.25) is 0 Å². The maximum atomic E-state index is 13.2. The van der Waals surface area contributed by atoms with Gasteiger partial charge in [0.15, 0.2) is 0 Å². The van der Waals surface area contributed by atoms with Crippen molar-refractivity contribution in [2.75, 3.05) is 32.8 Å². The van der Waals surface area contributed by atoms with Crippen LogP contribution >= 0.6 is 0 Å². The number of aromatic hydroxyl groups is 1. The largest absolute Gasteiger partial charge is 0.507 e. The van der Waals surface area contributed by atoms with E-state index in [0.717, 1.165) is 31.6 Å². The van der Waals surface area contributed by atoms with Gasteiger partial charge < -0.3 is 24.7 Å². The Bertz CT molecular complexity index is 1070. The summed E-state index contributed by atoms with van der Waals surface area (Å²) in [6.07, 6.45) is 1.58. The summed E-state index contributed by atoms with van der Waals surface area (Å²) in [6, 6.07) is 11.3. The predicted molar refractivity (Wildman–Crippen MR) is 136 cm³/mol. The van der Waals surface area contributed by atoms with Crippen LogP contribution in [0.3, 0.4) is 0 Å². The summed E-state index contributed by atoms with van der Waals surface area (Å²) in [6.45, 7) is 11.6. The Morgan fingerprint density at radius 1 is 1.06 bits per heavy atom. The Balaban J connectivity index is 2.04. The molecule has 188 valence electrons. The Hall–Kier alpha value is -3.32. The number of benzene rings is 2. The van der Waals surface area contributed by atoms with E-state index >= 15 is 0 Å². The summed E-state index contributed by atoms with van der Waals surface area (Å²) >= 11 is 0. The number of hydrogen-bond acceptors (Lipinski definition) is 6. The SMILES string of the molecule is CCCOc1ccc([C@@H]2C(=C(O)c3cc(C)ccc3O)C(=O)C(=O)N2CCCN(CC)CC)cc1. The second-order valence-electron chi connectivity index (χ2n) is 8.81. The number of carbonyl (C=O) groups is 2. The van der Waals surface area contributed by atoms with Crippen molar-refractivity contribution in [3.8, 4) is 11.5 Å². The number of aliphatic hydroxyl groups excluding tert-OH is 1. The van der Waals surface area contributed by atoms with Gasteiger partial charge in [0.2, 0.25) is 0 Å². The second kappa shape index (κ2) is 11.9. The fourth-order valence-corrected chi connectivity index (χ4v) is 4.41. The van der Waals surface area contributed by atoms with Crippen LogP contribution in [0.4, 0.5) is 0 Å². The Labute approximate surface area is 207 Å². The van der Waals surface area contributed by atoms with Gasteiger partial charge >= 0.3 is 0 Å².